The Kier molecular flexibility index (Phi) is 7.09. The molecule has 1 aliphatic heterocycles. The van der Waals surface area contributed by atoms with Crippen molar-refractivity contribution in [1.29, 1.82) is 0 Å². The zero-order valence-corrected chi connectivity index (χ0v) is 20.0. The summed E-state index contributed by atoms with van der Waals surface area (Å²) in [5.74, 6) is 0.139. The molecule has 0 radical (unpaired) electrons. The second-order valence-electron chi connectivity index (χ2n) is 8.12. The standard InChI is InChI=1S/C25H29NO7/c1-15-12-17(30-6)13-16(2)20(15)21-22(25(3,4)26(23(21)27)32-14-29-5)33-24(28)18-10-8-9-11-19(18)31-7/h8-13H,14H2,1-7H3. The number of hydrogen-bond donors (Lipinski definition) is 0. The predicted molar refractivity (Wildman–Crippen MR) is 122 cm³/mol. The van der Waals surface area contributed by atoms with E-state index in [1.807, 2.05) is 26.0 Å². The maximum atomic E-state index is 13.6. The van der Waals surface area contributed by atoms with Crippen molar-refractivity contribution < 1.29 is 33.4 Å². The highest BCUT2D eigenvalue weighted by Gasteiger charge is 2.50. The van der Waals surface area contributed by atoms with Gasteiger partial charge in [-0.05, 0) is 68.7 Å². The van der Waals surface area contributed by atoms with Crippen molar-refractivity contribution in [3.63, 3.8) is 0 Å². The second-order valence-corrected chi connectivity index (χ2v) is 8.12. The van der Waals surface area contributed by atoms with Crippen molar-refractivity contribution in [2.75, 3.05) is 28.1 Å². The summed E-state index contributed by atoms with van der Waals surface area (Å²) >= 11 is 0. The van der Waals surface area contributed by atoms with Gasteiger partial charge in [-0.15, -0.1) is 0 Å². The first kappa shape index (κ1) is 24.3. The van der Waals surface area contributed by atoms with E-state index >= 15 is 0 Å². The second kappa shape index (κ2) is 9.64. The fraction of sp³-hybridized carbons (Fsp3) is 0.360. The van der Waals surface area contributed by atoms with Gasteiger partial charge in [-0.25, -0.2) is 14.7 Å². The molecule has 0 fully saturated rings. The molecule has 8 nitrogen and oxygen atoms in total. The Bertz CT molecular complexity index is 1080. The van der Waals surface area contributed by atoms with Crippen molar-refractivity contribution in [2.24, 2.45) is 0 Å². The van der Waals surface area contributed by atoms with Gasteiger partial charge >= 0.3 is 5.97 Å². The molecule has 8 heteroatoms. The van der Waals surface area contributed by atoms with E-state index in [1.54, 1.807) is 45.2 Å². The molecule has 1 amide bonds. The van der Waals surface area contributed by atoms with Crippen LogP contribution in [0.3, 0.4) is 0 Å². The van der Waals surface area contributed by atoms with Crippen LogP contribution in [0.15, 0.2) is 42.2 Å². The molecule has 0 N–H and O–H groups in total. The van der Waals surface area contributed by atoms with Gasteiger partial charge in [0.2, 0.25) is 0 Å². The highest BCUT2D eigenvalue weighted by atomic mass is 16.8. The molecule has 1 aliphatic rings. The maximum Gasteiger partial charge on any atom is 0.347 e. The third-order valence-corrected chi connectivity index (χ3v) is 5.50. The zero-order chi connectivity index (χ0) is 24.3. The van der Waals surface area contributed by atoms with E-state index < -0.39 is 17.4 Å². The summed E-state index contributed by atoms with van der Waals surface area (Å²) in [6.07, 6.45) is 0. The summed E-state index contributed by atoms with van der Waals surface area (Å²) in [5, 5.41) is 1.18. The molecule has 1 heterocycles. The Morgan fingerprint density at radius 3 is 2.21 bits per heavy atom. The van der Waals surface area contributed by atoms with E-state index in [2.05, 4.69) is 0 Å². The van der Waals surface area contributed by atoms with Crippen LogP contribution in [0.5, 0.6) is 11.5 Å². The summed E-state index contributed by atoms with van der Waals surface area (Å²) < 4.78 is 21.6. The predicted octanol–water partition coefficient (Wildman–Crippen LogP) is 4.05. The molecule has 2 aromatic rings. The smallest absolute Gasteiger partial charge is 0.347 e. The van der Waals surface area contributed by atoms with Gasteiger partial charge in [0.15, 0.2) is 6.79 Å². The average Bonchev–Trinajstić information content (AvgIpc) is 2.96. The van der Waals surface area contributed by atoms with Gasteiger partial charge in [0, 0.05) is 7.11 Å². The number of carbonyl (C=O) groups is 2. The van der Waals surface area contributed by atoms with Crippen LogP contribution >= 0.6 is 0 Å². The molecule has 0 atom stereocenters. The fourth-order valence-corrected chi connectivity index (χ4v) is 3.97. The summed E-state index contributed by atoms with van der Waals surface area (Å²) in [6, 6.07) is 10.4. The minimum Gasteiger partial charge on any atom is -0.497 e. The molecule has 3 rings (SSSR count). The topological polar surface area (TPSA) is 83.5 Å². The Labute approximate surface area is 193 Å². The molecule has 33 heavy (non-hydrogen) atoms. The Morgan fingerprint density at radius 2 is 1.64 bits per heavy atom. The summed E-state index contributed by atoms with van der Waals surface area (Å²) in [5.41, 5.74) is 1.64. The van der Waals surface area contributed by atoms with Crippen LogP contribution < -0.4 is 9.47 Å². The minimum absolute atomic E-state index is 0.142. The molecule has 0 aliphatic carbocycles. The van der Waals surface area contributed by atoms with Crippen molar-refractivity contribution in [3.05, 3.63) is 64.4 Å². The number of esters is 1. The van der Waals surface area contributed by atoms with E-state index in [0.717, 1.165) is 11.1 Å². The van der Waals surface area contributed by atoms with Crippen LogP contribution in [0.25, 0.3) is 5.57 Å². The van der Waals surface area contributed by atoms with Crippen LogP contribution in [0.4, 0.5) is 0 Å². The Balaban J connectivity index is 2.18. The lowest BCUT2D eigenvalue weighted by Gasteiger charge is -2.31. The van der Waals surface area contributed by atoms with Crippen LogP contribution in [0.2, 0.25) is 0 Å². The fourth-order valence-electron chi connectivity index (χ4n) is 3.97. The number of ether oxygens (including phenoxy) is 4. The van der Waals surface area contributed by atoms with Gasteiger partial charge in [0.05, 0.1) is 19.8 Å². The number of benzene rings is 2. The highest BCUT2D eigenvalue weighted by Crippen LogP contribution is 2.44. The number of rotatable bonds is 8. The van der Waals surface area contributed by atoms with Crippen LogP contribution in [0, 0.1) is 13.8 Å². The first-order chi connectivity index (χ1) is 15.7. The zero-order valence-electron chi connectivity index (χ0n) is 20.0. The van der Waals surface area contributed by atoms with E-state index in [1.165, 1.54) is 19.3 Å². The number of hydrogen-bond acceptors (Lipinski definition) is 7. The lowest BCUT2D eigenvalue weighted by atomic mass is 9.92. The summed E-state index contributed by atoms with van der Waals surface area (Å²) in [6.45, 7) is 7.09. The monoisotopic (exact) mass is 455 g/mol. The van der Waals surface area contributed by atoms with Crippen molar-refractivity contribution in [3.8, 4) is 11.5 Å². The number of methoxy groups -OCH3 is 3. The summed E-state index contributed by atoms with van der Waals surface area (Å²) in [4.78, 5) is 32.4. The van der Waals surface area contributed by atoms with E-state index in [4.69, 9.17) is 23.8 Å². The van der Waals surface area contributed by atoms with Gasteiger partial charge < -0.3 is 18.9 Å². The minimum atomic E-state index is -1.10. The molecule has 0 unspecified atom stereocenters. The van der Waals surface area contributed by atoms with Gasteiger partial charge in [-0.2, -0.15) is 0 Å². The molecule has 0 aromatic heterocycles. The van der Waals surface area contributed by atoms with Gasteiger partial charge in [-0.3, -0.25) is 4.79 Å². The van der Waals surface area contributed by atoms with E-state index in [9.17, 15) is 9.59 Å². The number of hydroxylamine groups is 2. The maximum absolute atomic E-state index is 13.6. The highest BCUT2D eigenvalue weighted by molar-refractivity contribution is 6.23. The van der Waals surface area contributed by atoms with E-state index in [-0.39, 0.29) is 23.7 Å². The summed E-state index contributed by atoms with van der Waals surface area (Å²) in [7, 11) is 4.52. The first-order valence-electron chi connectivity index (χ1n) is 10.4. The van der Waals surface area contributed by atoms with Gasteiger partial charge in [0.25, 0.3) is 5.91 Å². The van der Waals surface area contributed by atoms with Crippen LogP contribution in [-0.4, -0.2) is 50.6 Å². The number of carbonyl (C=O) groups excluding carboxylic acids is 2. The molecular weight excluding hydrogens is 426 g/mol. The van der Waals surface area contributed by atoms with Crippen molar-refractivity contribution in [2.45, 2.75) is 33.2 Å². The van der Waals surface area contributed by atoms with Crippen LogP contribution in [0.1, 0.15) is 40.9 Å². The average molecular weight is 456 g/mol. The van der Waals surface area contributed by atoms with Crippen molar-refractivity contribution >= 4 is 17.4 Å². The number of para-hydroxylation sites is 1. The normalized spacial score (nSPS) is 15.1. The number of amides is 1. The van der Waals surface area contributed by atoms with Gasteiger partial charge in [-0.1, -0.05) is 12.1 Å². The number of nitrogens with zero attached hydrogens (tertiary/aromatic N) is 1. The Morgan fingerprint density at radius 1 is 1.00 bits per heavy atom. The lowest BCUT2D eigenvalue weighted by Crippen LogP contribution is -2.44. The third kappa shape index (κ3) is 4.44. The molecule has 0 saturated heterocycles. The lowest BCUT2D eigenvalue weighted by molar-refractivity contribution is -0.238. The quantitative estimate of drug-likeness (QED) is 0.439. The SMILES string of the molecule is COCON1C(=O)C(c2c(C)cc(OC)cc2C)=C(OC(=O)c2ccccc2OC)C1(C)C. The van der Waals surface area contributed by atoms with Crippen LogP contribution in [-0.2, 0) is 19.1 Å². The number of aryl methyl sites for hydroxylation is 2. The first-order valence-corrected chi connectivity index (χ1v) is 10.4. The molecule has 0 bridgehead atoms. The molecule has 0 saturated carbocycles. The van der Waals surface area contributed by atoms with Gasteiger partial charge in [0.1, 0.15) is 28.4 Å². The van der Waals surface area contributed by atoms with E-state index in [0.29, 0.717) is 17.1 Å². The Hall–Kier alpha value is -3.36. The largest absolute Gasteiger partial charge is 0.497 e. The molecular formula is C25H29NO7. The van der Waals surface area contributed by atoms with Crippen molar-refractivity contribution in [1.82, 2.24) is 5.06 Å². The molecule has 0 spiro atoms. The molecule has 2 aromatic carbocycles. The third-order valence-electron chi connectivity index (χ3n) is 5.50. The molecule has 176 valence electrons.